The molecule has 0 atom stereocenters. The first-order valence-corrected chi connectivity index (χ1v) is 4.83. The van der Waals surface area contributed by atoms with E-state index in [0.29, 0.717) is 0 Å². The molecule has 0 aliphatic heterocycles. The number of hydrogen-bond acceptors (Lipinski definition) is 3. The lowest BCUT2D eigenvalue weighted by Crippen LogP contribution is -1.86. The van der Waals surface area contributed by atoms with Crippen molar-refractivity contribution in [2.75, 3.05) is 5.75 Å². The summed E-state index contributed by atoms with van der Waals surface area (Å²) in [6.45, 7) is 2.72. The molecule has 0 aromatic rings. The second-order valence-corrected chi connectivity index (χ2v) is 3.96. The van der Waals surface area contributed by atoms with E-state index in [9.17, 15) is 4.79 Å². The fourth-order valence-corrected chi connectivity index (χ4v) is 1.32. The van der Waals surface area contributed by atoms with Crippen LogP contribution in [0.5, 0.6) is 0 Å². The van der Waals surface area contributed by atoms with E-state index >= 15 is 0 Å². The SMILES string of the molecule is CC(=O)O.CC(=O)SCC1CC1. The van der Waals surface area contributed by atoms with Crippen LogP contribution in [0, 0.1) is 5.92 Å². The Morgan fingerprint density at radius 3 is 2.08 bits per heavy atom. The molecule has 0 radical (unpaired) electrons. The van der Waals surface area contributed by atoms with Gasteiger partial charge < -0.3 is 5.11 Å². The van der Waals surface area contributed by atoms with E-state index in [4.69, 9.17) is 9.90 Å². The maximum absolute atomic E-state index is 10.3. The number of carboxylic acids is 1. The highest BCUT2D eigenvalue weighted by atomic mass is 32.2. The van der Waals surface area contributed by atoms with E-state index in [2.05, 4.69) is 0 Å². The molecule has 0 spiro atoms. The van der Waals surface area contributed by atoms with Crippen molar-refractivity contribution >= 4 is 22.8 Å². The monoisotopic (exact) mass is 190 g/mol. The summed E-state index contributed by atoms with van der Waals surface area (Å²) in [5.41, 5.74) is 0. The van der Waals surface area contributed by atoms with Gasteiger partial charge in [-0.25, -0.2) is 0 Å². The van der Waals surface area contributed by atoms with Gasteiger partial charge in [0.2, 0.25) is 0 Å². The largest absolute Gasteiger partial charge is 0.481 e. The number of carbonyl (C=O) groups excluding carboxylic acids is 1. The molecule has 70 valence electrons. The second kappa shape index (κ2) is 6.06. The van der Waals surface area contributed by atoms with Crippen molar-refractivity contribution < 1.29 is 14.7 Å². The Kier molecular flexibility index (Phi) is 5.80. The van der Waals surface area contributed by atoms with Crippen molar-refractivity contribution in [3.05, 3.63) is 0 Å². The number of carbonyl (C=O) groups is 2. The van der Waals surface area contributed by atoms with Crippen LogP contribution in [-0.2, 0) is 9.59 Å². The molecule has 0 heterocycles. The van der Waals surface area contributed by atoms with Crippen LogP contribution in [0.3, 0.4) is 0 Å². The van der Waals surface area contributed by atoms with Crippen molar-refractivity contribution in [1.82, 2.24) is 0 Å². The summed E-state index contributed by atoms with van der Waals surface area (Å²) in [4.78, 5) is 19.3. The zero-order valence-corrected chi connectivity index (χ0v) is 8.19. The van der Waals surface area contributed by atoms with Crippen LogP contribution in [0.4, 0.5) is 0 Å². The first-order chi connectivity index (χ1) is 5.52. The molecule has 1 aliphatic rings. The van der Waals surface area contributed by atoms with Crippen molar-refractivity contribution in [3.8, 4) is 0 Å². The summed E-state index contributed by atoms with van der Waals surface area (Å²) >= 11 is 1.46. The van der Waals surface area contributed by atoms with E-state index in [-0.39, 0.29) is 5.12 Å². The summed E-state index contributed by atoms with van der Waals surface area (Å²) in [5, 5.41) is 7.68. The van der Waals surface area contributed by atoms with Crippen LogP contribution in [-0.4, -0.2) is 21.9 Å². The highest BCUT2D eigenvalue weighted by Gasteiger charge is 2.21. The molecule has 1 N–H and O–H groups in total. The summed E-state index contributed by atoms with van der Waals surface area (Å²) in [6.07, 6.45) is 2.70. The first-order valence-electron chi connectivity index (χ1n) is 3.85. The quantitative estimate of drug-likeness (QED) is 0.721. The van der Waals surface area contributed by atoms with E-state index in [1.807, 2.05) is 0 Å². The molecule has 1 aliphatic carbocycles. The Bertz CT molecular complexity index is 160. The van der Waals surface area contributed by atoms with Gasteiger partial charge >= 0.3 is 0 Å². The van der Waals surface area contributed by atoms with E-state index in [1.54, 1.807) is 6.92 Å². The first kappa shape index (κ1) is 11.5. The summed E-state index contributed by atoms with van der Waals surface area (Å²) in [6, 6.07) is 0. The van der Waals surface area contributed by atoms with Crippen LogP contribution >= 0.6 is 11.8 Å². The molecule has 0 aromatic heterocycles. The van der Waals surface area contributed by atoms with Crippen LogP contribution < -0.4 is 0 Å². The highest BCUT2D eigenvalue weighted by Crippen LogP contribution is 2.32. The Hall–Kier alpha value is -0.510. The average molecular weight is 190 g/mol. The number of thioether (sulfide) groups is 1. The number of carboxylic acid groups (broad SMARTS) is 1. The molecule has 1 fully saturated rings. The summed E-state index contributed by atoms with van der Waals surface area (Å²) < 4.78 is 0. The van der Waals surface area contributed by atoms with Crippen molar-refractivity contribution in [3.63, 3.8) is 0 Å². The molecule has 1 saturated carbocycles. The standard InChI is InChI=1S/C6H10OS.C2H4O2/c1-5(7)8-4-6-2-3-6;1-2(3)4/h6H,2-4H2,1H3;1H3,(H,3,4). The van der Waals surface area contributed by atoms with Gasteiger partial charge in [0.05, 0.1) is 0 Å². The highest BCUT2D eigenvalue weighted by molar-refractivity contribution is 8.13. The van der Waals surface area contributed by atoms with Crippen LogP contribution in [0.25, 0.3) is 0 Å². The molecule has 0 amide bonds. The average Bonchev–Trinajstić information content (AvgIpc) is 2.63. The van der Waals surface area contributed by atoms with Gasteiger partial charge in [-0.05, 0) is 18.8 Å². The molecular weight excluding hydrogens is 176 g/mol. The Labute approximate surface area is 76.5 Å². The minimum absolute atomic E-state index is 0.261. The Morgan fingerprint density at radius 2 is 1.83 bits per heavy atom. The Morgan fingerprint density at radius 1 is 1.42 bits per heavy atom. The maximum Gasteiger partial charge on any atom is 0.300 e. The molecule has 1 rings (SSSR count). The van der Waals surface area contributed by atoms with Crippen LogP contribution in [0.1, 0.15) is 26.7 Å². The molecule has 12 heavy (non-hydrogen) atoms. The molecule has 0 bridgehead atoms. The van der Waals surface area contributed by atoms with Gasteiger partial charge in [0.25, 0.3) is 5.97 Å². The van der Waals surface area contributed by atoms with Gasteiger partial charge in [0, 0.05) is 19.6 Å². The molecule has 4 heteroatoms. The minimum atomic E-state index is -0.833. The normalized spacial score (nSPS) is 14.5. The van der Waals surface area contributed by atoms with Crippen molar-refractivity contribution in [2.24, 2.45) is 5.92 Å². The number of hydrogen-bond donors (Lipinski definition) is 1. The predicted molar refractivity (Wildman–Crippen MR) is 49.2 cm³/mol. The van der Waals surface area contributed by atoms with Crippen LogP contribution in [0.2, 0.25) is 0 Å². The molecule has 0 unspecified atom stereocenters. The Balaban J connectivity index is 0.000000261. The van der Waals surface area contributed by atoms with Gasteiger partial charge in [-0.15, -0.1) is 0 Å². The number of rotatable bonds is 2. The van der Waals surface area contributed by atoms with Crippen molar-refractivity contribution in [1.29, 1.82) is 0 Å². The molecule has 0 aromatic carbocycles. The fourth-order valence-electron chi connectivity index (χ4n) is 0.520. The zero-order chi connectivity index (χ0) is 9.56. The van der Waals surface area contributed by atoms with Gasteiger partial charge in [-0.1, -0.05) is 11.8 Å². The lowest BCUT2D eigenvalue weighted by atomic mass is 10.5. The molecule has 3 nitrogen and oxygen atoms in total. The number of aliphatic carboxylic acids is 1. The van der Waals surface area contributed by atoms with Crippen LogP contribution in [0.15, 0.2) is 0 Å². The fraction of sp³-hybridized carbons (Fsp3) is 0.750. The summed E-state index contributed by atoms with van der Waals surface area (Å²) in [7, 11) is 0. The molecular formula is C8H14O3S. The van der Waals surface area contributed by atoms with Gasteiger partial charge in [-0.2, -0.15) is 0 Å². The zero-order valence-electron chi connectivity index (χ0n) is 7.37. The lowest BCUT2D eigenvalue weighted by molar-refractivity contribution is -0.134. The third kappa shape index (κ3) is 12.2. The maximum atomic E-state index is 10.3. The van der Waals surface area contributed by atoms with E-state index in [1.165, 1.54) is 24.6 Å². The third-order valence-electron chi connectivity index (χ3n) is 1.22. The van der Waals surface area contributed by atoms with Crippen molar-refractivity contribution in [2.45, 2.75) is 26.7 Å². The smallest absolute Gasteiger partial charge is 0.300 e. The second-order valence-electron chi connectivity index (χ2n) is 2.76. The predicted octanol–water partition coefficient (Wildman–Crippen LogP) is 1.77. The third-order valence-corrected chi connectivity index (χ3v) is 2.26. The van der Waals surface area contributed by atoms with E-state index < -0.39 is 5.97 Å². The van der Waals surface area contributed by atoms with Gasteiger partial charge in [0.15, 0.2) is 5.12 Å². The minimum Gasteiger partial charge on any atom is -0.481 e. The summed E-state index contributed by atoms with van der Waals surface area (Å²) in [5.74, 6) is 1.11. The lowest BCUT2D eigenvalue weighted by Gasteiger charge is -1.88. The van der Waals surface area contributed by atoms with E-state index in [0.717, 1.165) is 18.6 Å². The molecule has 0 saturated heterocycles. The van der Waals surface area contributed by atoms with Gasteiger partial charge in [0.1, 0.15) is 0 Å². The topological polar surface area (TPSA) is 54.4 Å². The van der Waals surface area contributed by atoms with Gasteiger partial charge in [-0.3, -0.25) is 9.59 Å².